The normalized spacial score (nSPS) is 15.9. The Balaban J connectivity index is 2.35. The summed E-state index contributed by atoms with van der Waals surface area (Å²) in [5.74, 6) is -0.459. The molecular formula is C12H15FN2O. The van der Waals surface area contributed by atoms with Crippen molar-refractivity contribution in [3.63, 3.8) is 0 Å². The van der Waals surface area contributed by atoms with Gasteiger partial charge >= 0.3 is 0 Å². The van der Waals surface area contributed by atoms with E-state index in [1.54, 1.807) is 11.0 Å². The van der Waals surface area contributed by atoms with Crippen LogP contribution in [0.15, 0.2) is 18.2 Å². The van der Waals surface area contributed by atoms with Gasteiger partial charge in [0, 0.05) is 25.2 Å². The third-order valence-corrected chi connectivity index (χ3v) is 2.86. The van der Waals surface area contributed by atoms with Crippen molar-refractivity contribution in [1.29, 1.82) is 0 Å². The van der Waals surface area contributed by atoms with E-state index in [2.05, 4.69) is 0 Å². The second-order valence-electron chi connectivity index (χ2n) is 3.99. The van der Waals surface area contributed by atoms with Crippen molar-refractivity contribution in [2.75, 3.05) is 19.6 Å². The topological polar surface area (TPSA) is 46.3 Å². The van der Waals surface area contributed by atoms with Crippen LogP contribution >= 0.6 is 0 Å². The van der Waals surface area contributed by atoms with Crippen LogP contribution in [-0.4, -0.2) is 30.4 Å². The molecule has 0 atom stereocenters. The first kappa shape index (κ1) is 11.1. The Bertz CT molecular complexity index is 406. The molecule has 16 heavy (non-hydrogen) atoms. The SMILES string of the molecule is NCCN1CCCc2ccc(F)cc2C1=O. The molecule has 2 rings (SSSR count). The fraction of sp³-hybridized carbons (Fsp3) is 0.417. The highest BCUT2D eigenvalue weighted by Gasteiger charge is 2.21. The second-order valence-corrected chi connectivity index (χ2v) is 3.99. The Labute approximate surface area is 94.0 Å². The van der Waals surface area contributed by atoms with Crippen molar-refractivity contribution < 1.29 is 9.18 Å². The number of amides is 1. The fourth-order valence-corrected chi connectivity index (χ4v) is 2.07. The van der Waals surface area contributed by atoms with Crippen LogP contribution in [0.1, 0.15) is 22.3 Å². The fourth-order valence-electron chi connectivity index (χ4n) is 2.07. The summed E-state index contributed by atoms with van der Waals surface area (Å²) in [5, 5.41) is 0. The lowest BCUT2D eigenvalue weighted by Gasteiger charge is -2.19. The number of halogens is 1. The Morgan fingerprint density at radius 1 is 1.44 bits per heavy atom. The minimum Gasteiger partial charge on any atom is -0.337 e. The van der Waals surface area contributed by atoms with E-state index < -0.39 is 0 Å². The van der Waals surface area contributed by atoms with Crippen LogP contribution in [0.25, 0.3) is 0 Å². The van der Waals surface area contributed by atoms with Crippen LogP contribution in [0.3, 0.4) is 0 Å². The van der Waals surface area contributed by atoms with Crippen molar-refractivity contribution in [2.24, 2.45) is 5.73 Å². The summed E-state index contributed by atoms with van der Waals surface area (Å²) in [4.78, 5) is 13.8. The van der Waals surface area contributed by atoms with E-state index in [-0.39, 0.29) is 11.7 Å². The van der Waals surface area contributed by atoms with Gasteiger partial charge in [0.15, 0.2) is 0 Å². The van der Waals surface area contributed by atoms with Gasteiger partial charge < -0.3 is 10.6 Å². The predicted octanol–water partition coefficient (Wildman–Crippen LogP) is 1.17. The van der Waals surface area contributed by atoms with Crippen LogP contribution in [0.4, 0.5) is 4.39 Å². The molecule has 0 aliphatic carbocycles. The van der Waals surface area contributed by atoms with Gasteiger partial charge in [-0.3, -0.25) is 4.79 Å². The monoisotopic (exact) mass is 222 g/mol. The molecule has 86 valence electrons. The molecule has 1 aromatic rings. The lowest BCUT2D eigenvalue weighted by Crippen LogP contribution is -2.35. The standard InChI is InChI=1S/C12H15FN2O/c13-10-4-3-9-2-1-6-15(7-5-14)12(16)11(9)8-10/h3-4,8H,1-2,5-7,14H2. The summed E-state index contributed by atoms with van der Waals surface area (Å²) in [6, 6.07) is 4.44. The molecule has 0 unspecified atom stereocenters. The molecule has 0 fully saturated rings. The summed E-state index contributed by atoms with van der Waals surface area (Å²) in [6.45, 7) is 1.68. The van der Waals surface area contributed by atoms with Gasteiger partial charge in [-0.1, -0.05) is 6.07 Å². The average Bonchev–Trinajstić information content (AvgIpc) is 2.42. The summed E-state index contributed by atoms with van der Waals surface area (Å²) < 4.78 is 13.1. The second kappa shape index (κ2) is 4.61. The van der Waals surface area contributed by atoms with E-state index in [1.807, 2.05) is 0 Å². The maximum atomic E-state index is 13.1. The first-order valence-electron chi connectivity index (χ1n) is 5.50. The van der Waals surface area contributed by atoms with E-state index in [0.29, 0.717) is 25.2 Å². The maximum absolute atomic E-state index is 13.1. The van der Waals surface area contributed by atoms with Crippen molar-refractivity contribution >= 4 is 5.91 Å². The lowest BCUT2D eigenvalue weighted by atomic mass is 10.0. The van der Waals surface area contributed by atoms with Gasteiger partial charge in [0.2, 0.25) is 0 Å². The van der Waals surface area contributed by atoms with Gasteiger partial charge in [-0.15, -0.1) is 0 Å². The van der Waals surface area contributed by atoms with E-state index >= 15 is 0 Å². The molecule has 1 amide bonds. The number of rotatable bonds is 2. The van der Waals surface area contributed by atoms with Crippen molar-refractivity contribution in [1.82, 2.24) is 4.90 Å². The summed E-state index contributed by atoms with van der Waals surface area (Å²) >= 11 is 0. The van der Waals surface area contributed by atoms with Crippen LogP contribution in [-0.2, 0) is 6.42 Å². The number of hydrogen-bond donors (Lipinski definition) is 1. The minimum absolute atomic E-state index is 0.0996. The van der Waals surface area contributed by atoms with Gasteiger partial charge in [-0.25, -0.2) is 4.39 Å². The highest BCUT2D eigenvalue weighted by atomic mass is 19.1. The quantitative estimate of drug-likeness (QED) is 0.816. The van der Waals surface area contributed by atoms with Gasteiger partial charge in [-0.2, -0.15) is 0 Å². The zero-order chi connectivity index (χ0) is 11.5. The largest absolute Gasteiger partial charge is 0.337 e. The highest BCUT2D eigenvalue weighted by molar-refractivity contribution is 5.96. The molecule has 0 bridgehead atoms. The molecule has 4 heteroatoms. The van der Waals surface area contributed by atoms with Gasteiger partial charge in [-0.05, 0) is 30.5 Å². The molecule has 0 saturated heterocycles. The molecule has 0 aromatic heterocycles. The summed E-state index contributed by atoms with van der Waals surface area (Å²) in [7, 11) is 0. The number of hydrogen-bond acceptors (Lipinski definition) is 2. The van der Waals surface area contributed by atoms with Crippen LogP contribution in [0, 0.1) is 5.82 Å². The number of fused-ring (bicyclic) bond motifs is 1. The highest BCUT2D eigenvalue weighted by Crippen LogP contribution is 2.19. The van der Waals surface area contributed by atoms with Crippen LogP contribution in [0.5, 0.6) is 0 Å². The Kier molecular flexibility index (Phi) is 3.19. The molecule has 0 saturated carbocycles. The lowest BCUT2D eigenvalue weighted by molar-refractivity contribution is 0.0765. The number of carbonyl (C=O) groups is 1. The van der Waals surface area contributed by atoms with Crippen LogP contribution in [0.2, 0.25) is 0 Å². The molecule has 0 radical (unpaired) electrons. The van der Waals surface area contributed by atoms with E-state index in [4.69, 9.17) is 5.73 Å². The summed E-state index contributed by atoms with van der Waals surface area (Å²) in [5.41, 5.74) is 6.88. The van der Waals surface area contributed by atoms with E-state index in [9.17, 15) is 9.18 Å². The number of benzene rings is 1. The molecule has 0 spiro atoms. The molecule has 1 aliphatic rings. The molecule has 1 aliphatic heterocycles. The minimum atomic E-state index is -0.360. The van der Waals surface area contributed by atoms with E-state index in [0.717, 1.165) is 18.4 Å². The third kappa shape index (κ3) is 2.07. The van der Waals surface area contributed by atoms with Crippen molar-refractivity contribution in [2.45, 2.75) is 12.8 Å². The first-order chi connectivity index (χ1) is 7.72. The van der Waals surface area contributed by atoms with E-state index in [1.165, 1.54) is 12.1 Å². The predicted molar refractivity (Wildman–Crippen MR) is 59.7 cm³/mol. The number of nitrogens with zero attached hydrogens (tertiary/aromatic N) is 1. The zero-order valence-electron chi connectivity index (χ0n) is 9.08. The Morgan fingerprint density at radius 3 is 3.00 bits per heavy atom. The number of carbonyl (C=O) groups excluding carboxylic acids is 1. The average molecular weight is 222 g/mol. The zero-order valence-corrected chi connectivity index (χ0v) is 9.08. The van der Waals surface area contributed by atoms with Gasteiger partial charge in [0.05, 0.1) is 0 Å². The molecule has 2 N–H and O–H groups in total. The number of aryl methyl sites for hydroxylation is 1. The molecular weight excluding hydrogens is 207 g/mol. The first-order valence-corrected chi connectivity index (χ1v) is 5.50. The maximum Gasteiger partial charge on any atom is 0.254 e. The molecule has 1 aromatic carbocycles. The molecule has 1 heterocycles. The third-order valence-electron chi connectivity index (χ3n) is 2.86. The Morgan fingerprint density at radius 2 is 2.25 bits per heavy atom. The summed E-state index contributed by atoms with van der Waals surface area (Å²) in [6.07, 6.45) is 1.73. The van der Waals surface area contributed by atoms with Crippen LogP contribution < -0.4 is 5.73 Å². The van der Waals surface area contributed by atoms with Gasteiger partial charge in [0.1, 0.15) is 5.82 Å². The van der Waals surface area contributed by atoms with Crippen molar-refractivity contribution in [3.05, 3.63) is 35.1 Å². The smallest absolute Gasteiger partial charge is 0.254 e. The van der Waals surface area contributed by atoms with Crippen molar-refractivity contribution in [3.8, 4) is 0 Å². The number of nitrogens with two attached hydrogens (primary N) is 1. The molecule has 3 nitrogen and oxygen atoms in total. The van der Waals surface area contributed by atoms with Gasteiger partial charge in [0.25, 0.3) is 5.91 Å². The Hall–Kier alpha value is -1.42.